The summed E-state index contributed by atoms with van der Waals surface area (Å²) in [7, 11) is 0. The number of oxazole rings is 1. The molecule has 0 radical (unpaired) electrons. The van der Waals surface area contributed by atoms with E-state index in [1.54, 1.807) is 18.7 Å². The molecule has 0 spiro atoms. The van der Waals surface area contributed by atoms with Gasteiger partial charge in [0.05, 0.1) is 6.20 Å². The van der Waals surface area contributed by atoms with Gasteiger partial charge in [0, 0.05) is 6.20 Å². The van der Waals surface area contributed by atoms with Gasteiger partial charge in [0.1, 0.15) is 12.5 Å². The van der Waals surface area contributed by atoms with Crippen molar-refractivity contribution in [1.29, 1.82) is 0 Å². The van der Waals surface area contributed by atoms with E-state index in [2.05, 4.69) is 19.5 Å². The van der Waals surface area contributed by atoms with Crippen LogP contribution in [0.15, 0.2) is 35.7 Å². The van der Waals surface area contributed by atoms with Gasteiger partial charge in [0.15, 0.2) is 13.1 Å². The predicted octanol–water partition coefficient (Wildman–Crippen LogP) is 0.710. The van der Waals surface area contributed by atoms with E-state index >= 15 is 0 Å². The number of nitrogens with zero attached hydrogens (tertiary/aromatic N) is 1. The Morgan fingerprint density at radius 1 is 1.50 bits per heavy atom. The molecule has 1 aromatic rings. The van der Waals surface area contributed by atoms with E-state index in [9.17, 15) is 0 Å². The van der Waals surface area contributed by atoms with Gasteiger partial charge in [0.2, 0.25) is 0 Å². The first kappa shape index (κ1) is 6.67. The maximum Gasteiger partial charge on any atom is 0.180 e. The fourth-order valence-electron chi connectivity index (χ4n) is 0.416. The van der Waals surface area contributed by atoms with Gasteiger partial charge in [0.25, 0.3) is 0 Å². The largest absolute Gasteiger partial charge is 0.479 e. The Morgan fingerprint density at radius 2 is 2.50 bits per heavy atom. The van der Waals surface area contributed by atoms with E-state index in [4.69, 9.17) is 0 Å². The molecule has 2 heterocycles. The standard InChI is InChI=1S/C3H5NO.C3H3NO/c2*1-2-5-3-4-1/h1-2,4H,3H2;1-3H. The summed E-state index contributed by atoms with van der Waals surface area (Å²) >= 11 is 0. The lowest BCUT2D eigenvalue weighted by molar-refractivity contribution is 0.267. The Labute approximate surface area is 58.5 Å². The first-order chi connectivity index (χ1) is 5.00. The highest BCUT2D eigenvalue weighted by atomic mass is 16.5. The van der Waals surface area contributed by atoms with Crippen LogP contribution in [0.1, 0.15) is 0 Å². The minimum Gasteiger partial charge on any atom is -0.479 e. The van der Waals surface area contributed by atoms with Crippen LogP contribution in [0.5, 0.6) is 0 Å². The van der Waals surface area contributed by atoms with Crippen molar-refractivity contribution in [2.75, 3.05) is 6.73 Å². The van der Waals surface area contributed by atoms with Gasteiger partial charge in [-0.3, -0.25) is 0 Å². The normalized spacial score (nSPS) is 12.8. The van der Waals surface area contributed by atoms with Crippen molar-refractivity contribution in [3.05, 3.63) is 31.3 Å². The van der Waals surface area contributed by atoms with E-state index in [-0.39, 0.29) is 0 Å². The molecule has 10 heavy (non-hydrogen) atoms. The highest BCUT2D eigenvalue weighted by Gasteiger charge is 1.79. The molecule has 0 atom stereocenters. The molecule has 0 unspecified atom stereocenters. The highest BCUT2D eigenvalue weighted by molar-refractivity contribution is 4.73. The molecule has 0 saturated carbocycles. The molecule has 1 aliphatic rings. The second-order valence-electron chi connectivity index (χ2n) is 1.49. The SMILES string of the molecule is C1=COCN1.c1cocn1. The number of ether oxygens (including phenoxy) is 1. The second-order valence-corrected chi connectivity index (χ2v) is 1.49. The zero-order valence-electron chi connectivity index (χ0n) is 5.36. The summed E-state index contributed by atoms with van der Waals surface area (Å²) in [6.07, 6.45) is 7.86. The molecule has 1 N–H and O–H groups in total. The van der Waals surface area contributed by atoms with Gasteiger partial charge in [-0.05, 0) is 0 Å². The molecule has 0 aliphatic carbocycles. The highest BCUT2D eigenvalue weighted by Crippen LogP contribution is 1.78. The van der Waals surface area contributed by atoms with Crippen molar-refractivity contribution < 1.29 is 9.15 Å². The first-order valence-corrected chi connectivity index (χ1v) is 2.82. The molecule has 0 amide bonds. The number of rotatable bonds is 0. The Hall–Kier alpha value is -1.45. The minimum atomic E-state index is 0.639. The Bertz CT molecular complexity index is 149. The summed E-state index contributed by atoms with van der Waals surface area (Å²) in [6, 6.07) is 0. The monoisotopic (exact) mass is 140 g/mol. The van der Waals surface area contributed by atoms with Crippen molar-refractivity contribution in [3.8, 4) is 0 Å². The molecule has 0 saturated heterocycles. The number of hydrogen-bond acceptors (Lipinski definition) is 4. The second kappa shape index (κ2) is 4.43. The van der Waals surface area contributed by atoms with Crippen molar-refractivity contribution in [3.63, 3.8) is 0 Å². The molecule has 4 nitrogen and oxygen atoms in total. The maximum absolute atomic E-state index is 4.65. The summed E-state index contributed by atoms with van der Waals surface area (Å²) in [5, 5.41) is 2.82. The van der Waals surface area contributed by atoms with Crippen molar-refractivity contribution in [1.82, 2.24) is 10.3 Å². The van der Waals surface area contributed by atoms with E-state index in [0.29, 0.717) is 6.73 Å². The molecule has 2 rings (SSSR count). The number of aromatic nitrogens is 1. The minimum absolute atomic E-state index is 0.639. The van der Waals surface area contributed by atoms with Crippen molar-refractivity contribution in [2.45, 2.75) is 0 Å². The maximum atomic E-state index is 4.65. The van der Waals surface area contributed by atoms with Gasteiger partial charge in [-0.1, -0.05) is 0 Å². The van der Waals surface area contributed by atoms with Crippen LogP contribution in [0.2, 0.25) is 0 Å². The first-order valence-electron chi connectivity index (χ1n) is 2.82. The van der Waals surface area contributed by atoms with Crippen LogP contribution in [0, 0.1) is 0 Å². The fraction of sp³-hybridized carbons (Fsp3) is 0.167. The van der Waals surface area contributed by atoms with Crippen LogP contribution in [-0.4, -0.2) is 11.7 Å². The van der Waals surface area contributed by atoms with Crippen molar-refractivity contribution in [2.24, 2.45) is 0 Å². The zero-order chi connectivity index (χ0) is 7.07. The Kier molecular flexibility index (Phi) is 2.95. The molecule has 0 fully saturated rings. The van der Waals surface area contributed by atoms with E-state index < -0.39 is 0 Å². The topological polar surface area (TPSA) is 47.3 Å². The molecule has 1 aliphatic heterocycles. The average Bonchev–Trinajstić information content (AvgIpc) is 2.67. The van der Waals surface area contributed by atoms with Gasteiger partial charge in [-0.25, -0.2) is 4.98 Å². The lowest BCUT2D eigenvalue weighted by atomic mass is 11.0. The van der Waals surface area contributed by atoms with Crippen LogP contribution in [0.4, 0.5) is 0 Å². The number of hydrogen-bond donors (Lipinski definition) is 1. The van der Waals surface area contributed by atoms with Gasteiger partial charge in [-0.15, -0.1) is 0 Å². The summed E-state index contributed by atoms with van der Waals surface area (Å²) in [5.41, 5.74) is 0. The molecule has 0 bridgehead atoms. The third kappa shape index (κ3) is 2.76. The van der Waals surface area contributed by atoms with Gasteiger partial charge >= 0.3 is 0 Å². The summed E-state index contributed by atoms with van der Waals surface area (Å²) in [6.45, 7) is 0.639. The van der Waals surface area contributed by atoms with E-state index in [1.807, 2.05) is 0 Å². The predicted molar refractivity (Wildman–Crippen MR) is 34.7 cm³/mol. The van der Waals surface area contributed by atoms with Crippen LogP contribution >= 0.6 is 0 Å². The third-order valence-electron chi connectivity index (χ3n) is 0.796. The Balaban J connectivity index is 0.0000001000. The zero-order valence-corrected chi connectivity index (χ0v) is 5.36. The summed E-state index contributed by atoms with van der Waals surface area (Å²) < 4.78 is 9.12. The lowest BCUT2D eigenvalue weighted by Crippen LogP contribution is -1.98. The van der Waals surface area contributed by atoms with Crippen LogP contribution in [0.25, 0.3) is 0 Å². The van der Waals surface area contributed by atoms with Crippen LogP contribution < -0.4 is 5.32 Å². The summed E-state index contributed by atoms with van der Waals surface area (Å²) in [4.78, 5) is 3.56. The van der Waals surface area contributed by atoms with Gasteiger partial charge < -0.3 is 14.5 Å². The third-order valence-corrected chi connectivity index (χ3v) is 0.796. The van der Waals surface area contributed by atoms with Crippen molar-refractivity contribution >= 4 is 0 Å². The fourth-order valence-corrected chi connectivity index (χ4v) is 0.416. The molecule has 1 aromatic heterocycles. The molecule has 0 aromatic carbocycles. The Morgan fingerprint density at radius 3 is 2.70 bits per heavy atom. The van der Waals surface area contributed by atoms with Gasteiger partial charge in [-0.2, -0.15) is 0 Å². The van der Waals surface area contributed by atoms with E-state index in [0.717, 1.165) is 0 Å². The molecular formula is C6H8N2O2. The average molecular weight is 140 g/mol. The smallest absolute Gasteiger partial charge is 0.180 e. The van der Waals surface area contributed by atoms with Crippen LogP contribution in [-0.2, 0) is 4.74 Å². The van der Waals surface area contributed by atoms with Crippen LogP contribution in [0.3, 0.4) is 0 Å². The molecule has 4 heteroatoms. The van der Waals surface area contributed by atoms with E-state index in [1.165, 1.54) is 12.7 Å². The lowest BCUT2D eigenvalue weighted by Gasteiger charge is -1.82. The molecule has 54 valence electrons. The summed E-state index contributed by atoms with van der Waals surface area (Å²) in [5.74, 6) is 0. The number of nitrogens with one attached hydrogen (secondary N) is 1. The quantitative estimate of drug-likeness (QED) is 0.576. The molecular weight excluding hydrogens is 132 g/mol.